The zero-order valence-electron chi connectivity index (χ0n) is 14.3. The predicted molar refractivity (Wildman–Crippen MR) is 96.3 cm³/mol. The van der Waals surface area contributed by atoms with E-state index >= 15 is 0 Å². The molecule has 1 amide bonds. The minimum Gasteiger partial charge on any atom is -0.398 e. The normalized spacial score (nSPS) is 14.7. The molecule has 2 heterocycles. The highest BCUT2D eigenvalue weighted by atomic mass is 16.2. The highest BCUT2D eigenvalue weighted by Crippen LogP contribution is 2.20. The highest BCUT2D eigenvalue weighted by Gasteiger charge is 2.24. The van der Waals surface area contributed by atoms with Crippen LogP contribution in [-0.2, 0) is 6.54 Å². The summed E-state index contributed by atoms with van der Waals surface area (Å²) in [6.07, 6.45) is 3.70. The van der Waals surface area contributed by atoms with E-state index in [1.807, 2.05) is 30.8 Å². The molecule has 0 bridgehead atoms. The van der Waals surface area contributed by atoms with Crippen molar-refractivity contribution in [2.75, 3.05) is 39.5 Å². The molecule has 0 spiro atoms. The van der Waals surface area contributed by atoms with E-state index in [4.69, 9.17) is 5.73 Å². The standard InChI is InChI=1S/C18H24N4O2/c1-20(2)10-11-22-12-13(18(24)21-8-3-4-9-21)17(23)16-14(19)6-5-7-15(16)22/h5-7,12H,3-4,8-11,19H2,1-2H3. The number of rotatable bonds is 4. The first-order valence-electron chi connectivity index (χ1n) is 8.34. The van der Waals surface area contributed by atoms with Crippen LogP contribution in [-0.4, -0.2) is 54.0 Å². The van der Waals surface area contributed by atoms with Gasteiger partial charge in [-0.3, -0.25) is 9.59 Å². The van der Waals surface area contributed by atoms with Gasteiger partial charge < -0.3 is 20.1 Å². The molecule has 6 heteroatoms. The Hall–Kier alpha value is -2.34. The minimum atomic E-state index is -0.263. The van der Waals surface area contributed by atoms with Crippen molar-refractivity contribution in [3.05, 3.63) is 40.2 Å². The van der Waals surface area contributed by atoms with Crippen molar-refractivity contribution in [2.45, 2.75) is 19.4 Å². The quantitative estimate of drug-likeness (QED) is 0.861. The van der Waals surface area contributed by atoms with Gasteiger partial charge in [0, 0.05) is 38.1 Å². The van der Waals surface area contributed by atoms with Gasteiger partial charge in [-0.05, 0) is 39.1 Å². The number of likely N-dealkylation sites (tertiary alicyclic amines) is 1. The molecule has 1 aromatic heterocycles. The summed E-state index contributed by atoms with van der Waals surface area (Å²) in [7, 11) is 3.99. The molecule has 0 aliphatic carbocycles. The summed E-state index contributed by atoms with van der Waals surface area (Å²) in [5, 5.41) is 0.446. The number of anilines is 1. The summed E-state index contributed by atoms with van der Waals surface area (Å²) in [6.45, 7) is 2.94. The van der Waals surface area contributed by atoms with E-state index in [2.05, 4.69) is 4.90 Å². The Labute approximate surface area is 141 Å². The van der Waals surface area contributed by atoms with Crippen molar-refractivity contribution in [3.63, 3.8) is 0 Å². The van der Waals surface area contributed by atoms with Gasteiger partial charge >= 0.3 is 0 Å². The van der Waals surface area contributed by atoms with Crippen molar-refractivity contribution in [1.29, 1.82) is 0 Å². The maximum absolute atomic E-state index is 12.9. The van der Waals surface area contributed by atoms with Gasteiger partial charge in [0.2, 0.25) is 5.43 Å². The summed E-state index contributed by atoms with van der Waals surface area (Å²) < 4.78 is 1.97. The maximum atomic E-state index is 12.9. The Balaban J connectivity index is 2.15. The number of hydrogen-bond acceptors (Lipinski definition) is 4. The van der Waals surface area contributed by atoms with Crippen LogP contribution in [0.5, 0.6) is 0 Å². The van der Waals surface area contributed by atoms with Gasteiger partial charge in [-0.15, -0.1) is 0 Å². The summed E-state index contributed by atoms with van der Waals surface area (Å²) in [4.78, 5) is 29.5. The molecule has 1 saturated heterocycles. The van der Waals surface area contributed by atoms with Crippen molar-refractivity contribution >= 4 is 22.5 Å². The minimum absolute atomic E-state index is 0.179. The second kappa shape index (κ2) is 6.65. The second-order valence-electron chi connectivity index (χ2n) is 6.61. The van der Waals surface area contributed by atoms with Crippen LogP contribution in [0.4, 0.5) is 5.69 Å². The molecule has 3 rings (SSSR count). The number of likely N-dealkylation sites (N-methyl/N-ethyl adjacent to an activating group) is 1. The predicted octanol–water partition coefficient (Wildman–Crippen LogP) is 1.38. The van der Waals surface area contributed by atoms with Crippen molar-refractivity contribution < 1.29 is 4.79 Å². The summed E-state index contributed by atoms with van der Waals surface area (Å²) in [5.74, 6) is -0.179. The summed E-state index contributed by atoms with van der Waals surface area (Å²) in [5.41, 5.74) is 7.22. The number of carbonyl (C=O) groups excluding carboxylic acids is 1. The van der Waals surface area contributed by atoms with Crippen LogP contribution in [0.15, 0.2) is 29.2 Å². The molecular formula is C18H24N4O2. The number of amides is 1. The molecule has 0 saturated carbocycles. The van der Waals surface area contributed by atoms with Crippen LogP contribution in [0.2, 0.25) is 0 Å². The van der Waals surface area contributed by atoms with Gasteiger partial charge in [-0.25, -0.2) is 0 Å². The van der Waals surface area contributed by atoms with E-state index in [-0.39, 0.29) is 16.9 Å². The molecule has 128 valence electrons. The fourth-order valence-electron chi connectivity index (χ4n) is 3.20. The Bertz CT molecular complexity index is 820. The SMILES string of the molecule is CN(C)CCn1cc(C(=O)N2CCCC2)c(=O)c2c(N)cccc21. The van der Waals surface area contributed by atoms with Gasteiger partial charge in [0.15, 0.2) is 0 Å². The fraction of sp³-hybridized carbons (Fsp3) is 0.444. The summed E-state index contributed by atoms with van der Waals surface area (Å²) >= 11 is 0. The number of aromatic nitrogens is 1. The third kappa shape index (κ3) is 3.01. The smallest absolute Gasteiger partial charge is 0.259 e. The van der Waals surface area contributed by atoms with Crippen LogP contribution in [0, 0.1) is 0 Å². The van der Waals surface area contributed by atoms with Crippen molar-refractivity contribution in [3.8, 4) is 0 Å². The number of pyridine rings is 1. The Kier molecular flexibility index (Phi) is 4.57. The first-order chi connectivity index (χ1) is 11.5. The van der Waals surface area contributed by atoms with E-state index < -0.39 is 0 Å². The molecule has 0 unspecified atom stereocenters. The lowest BCUT2D eigenvalue weighted by Gasteiger charge is -2.19. The van der Waals surface area contributed by atoms with E-state index in [1.165, 1.54) is 0 Å². The number of fused-ring (bicyclic) bond motifs is 1. The molecule has 2 N–H and O–H groups in total. The van der Waals surface area contributed by atoms with Gasteiger partial charge in [-0.1, -0.05) is 6.07 Å². The average molecular weight is 328 g/mol. The number of nitrogens with two attached hydrogens (primary N) is 1. The first kappa shape index (κ1) is 16.5. The molecule has 1 aliphatic heterocycles. The lowest BCUT2D eigenvalue weighted by atomic mass is 10.1. The number of benzene rings is 1. The molecule has 6 nitrogen and oxygen atoms in total. The Morgan fingerprint density at radius 1 is 1.25 bits per heavy atom. The second-order valence-corrected chi connectivity index (χ2v) is 6.61. The number of carbonyl (C=O) groups is 1. The Morgan fingerprint density at radius 2 is 1.96 bits per heavy atom. The van der Waals surface area contributed by atoms with E-state index in [1.54, 1.807) is 17.2 Å². The molecule has 1 fully saturated rings. The number of hydrogen-bond donors (Lipinski definition) is 1. The largest absolute Gasteiger partial charge is 0.398 e. The van der Waals surface area contributed by atoms with Crippen molar-refractivity contribution in [2.24, 2.45) is 0 Å². The van der Waals surface area contributed by atoms with Gasteiger partial charge in [0.25, 0.3) is 5.91 Å². The van der Waals surface area contributed by atoms with Crippen molar-refractivity contribution in [1.82, 2.24) is 14.4 Å². The Morgan fingerprint density at radius 3 is 2.62 bits per heavy atom. The van der Waals surface area contributed by atoms with E-state index in [0.717, 1.165) is 38.0 Å². The number of nitrogen functional groups attached to an aromatic ring is 1. The third-order valence-corrected chi connectivity index (χ3v) is 4.55. The zero-order chi connectivity index (χ0) is 17.3. The molecule has 24 heavy (non-hydrogen) atoms. The van der Waals surface area contributed by atoms with Gasteiger partial charge in [0.05, 0.1) is 10.9 Å². The molecular weight excluding hydrogens is 304 g/mol. The fourth-order valence-corrected chi connectivity index (χ4v) is 3.20. The molecule has 0 atom stereocenters. The average Bonchev–Trinajstić information content (AvgIpc) is 3.08. The first-order valence-corrected chi connectivity index (χ1v) is 8.34. The van der Waals surface area contributed by atoms with E-state index in [0.29, 0.717) is 17.6 Å². The van der Waals surface area contributed by atoms with Crippen LogP contribution >= 0.6 is 0 Å². The monoisotopic (exact) mass is 328 g/mol. The molecule has 1 aliphatic rings. The van der Waals surface area contributed by atoms with E-state index in [9.17, 15) is 9.59 Å². The third-order valence-electron chi connectivity index (χ3n) is 4.55. The van der Waals surface area contributed by atoms with Crippen LogP contribution < -0.4 is 11.2 Å². The molecule has 0 radical (unpaired) electrons. The zero-order valence-corrected chi connectivity index (χ0v) is 14.3. The van der Waals surface area contributed by atoms with Crippen LogP contribution in [0.25, 0.3) is 10.9 Å². The number of nitrogens with zero attached hydrogens (tertiary/aromatic N) is 3. The topological polar surface area (TPSA) is 71.6 Å². The molecule has 1 aromatic carbocycles. The molecule has 2 aromatic rings. The van der Waals surface area contributed by atoms with Crippen LogP contribution in [0.1, 0.15) is 23.2 Å². The van der Waals surface area contributed by atoms with Crippen LogP contribution in [0.3, 0.4) is 0 Å². The lowest BCUT2D eigenvalue weighted by molar-refractivity contribution is 0.0791. The summed E-state index contributed by atoms with van der Waals surface area (Å²) in [6, 6.07) is 5.43. The van der Waals surface area contributed by atoms with Gasteiger partial charge in [-0.2, -0.15) is 0 Å². The lowest BCUT2D eigenvalue weighted by Crippen LogP contribution is -2.33. The van der Waals surface area contributed by atoms with Gasteiger partial charge in [0.1, 0.15) is 5.56 Å². The maximum Gasteiger partial charge on any atom is 0.259 e. The highest BCUT2D eigenvalue weighted by molar-refractivity contribution is 6.00.